The quantitative estimate of drug-likeness (QED) is 0.0708. The summed E-state index contributed by atoms with van der Waals surface area (Å²) in [6.45, 7) is -0.203. The number of guanidine groups is 2. The maximum absolute atomic E-state index is 15.0. The van der Waals surface area contributed by atoms with Gasteiger partial charge in [-0.1, -0.05) is 61.0 Å². The van der Waals surface area contributed by atoms with Gasteiger partial charge in [0.05, 0.1) is 37.5 Å². The van der Waals surface area contributed by atoms with Gasteiger partial charge in [-0.05, 0) is 42.3 Å². The van der Waals surface area contributed by atoms with Crippen LogP contribution in [0.3, 0.4) is 0 Å². The topological polar surface area (TPSA) is 471 Å². The Morgan fingerprint density at radius 1 is 0.725 bits per heavy atom. The molecule has 7 amide bonds. The van der Waals surface area contributed by atoms with E-state index < -0.39 is 177 Å². The number of aryl methyl sites for hydroxylation is 1. The summed E-state index contributed by atoms with van der Waals surface area (Å²) in [4.78, 5) is 100. The largest absolute Gasteiger partial charge is 0.506 e. The van der Waals surface area contributed by atoms with E-state index in [1.54, 1.807) is 49.4 Å². The van der Waals surface area contributed by atoms with Crippen LogP contribution in [0.15, 0.2) is 72.8 Å². The van der Waals surface area contributed by atoms with Gasteiger partial charge in [-0.2, -0.15) is 0 Å². The van der Waals surface area contributed by atoms with Gasteiger partial charge in [0.2, 0.25) is 35.4 Å². The van der Waals surface area contributed by atoms with Gasteiger partial charge in [-0.3, -0.25) is 44.9 Å². The van der Waals surface area contributed by atoms with E-state index in [0.29, 0.717) is 5.56 Å². The van der Waals surface area contributed by atoms with Crippen molar-refractivity contribution in [2.24, 2.45) is 0 Å². The highest BCUT2D eigenvalue weighted by Gasteiger charge is 2.53. The Balaban J connectivity index is 1.28. The van der Waals surface area contributed by atoms with Crippen LogP contribution in [0.25, 0.3) is 0 Å². The van der Waals surface area contributed by atoms with Gasteiger partial charge < -0.3 is 103 Å². The minimum atomic E-state index is -2.33. The van der Waals surface area contributed by atoms with Crippen LogP contribution in [0.1, 0.15) is 29.5 Å². The van der Waals surface area contributed by atoms with E-state index in [0.717, 1.165) is 16.5 Å². The molecular weight excluding hydrogens is 1050 g/mol. The standard InChI is InChI=1S/C50H65N13O17/c1-21-8-11-25(12-9-21)79-50(78)59-26-14-23(10-13-31(26)66)15-27-43(74)61-35(37(68)28-16-54-48(51)58-28)46(77)62-36(38(69)30-17-55-49(52)63(30)47-41(72)40(71)39(70)32(20-65)80-47)45(76)57-29(19-64)42(73)53-18-33(67)60-34(44(75)56-27)22(2)24-6-4-3-5-7-24/h3-14,22,27-30,32,34-41,47,64-66,68-72H,15-20H2,1-2H3,(H2,52,55)(H,53,73)(H,56,75)(H,57,76)(H,59,78)(H,60,67)(H,61,74)(H,62,77)(H3,51,54,58). The first-order valence-corrected chi connectivity index (χ1v) is 25.3. The normalized spacial score (nSPS) is 29.3. The minimum absolute atomic E-state index is 0.144. The minimum Gasteiger partial charge on any atom is -0.506 e. The van der Waals surface area contributed by atoms with Gasteiger partial charge in [0.15, 0.2) is 18.1 Å². The van der Waals surface area contributed by atoms with Crippen molar-refractivity contribution in [2.75, 3.05) is 38.2 Å². The van der Waals surface area contributed by atoms with E-state index in [-0.39, 0.29) is 29.5 Å². The number of aromatic hydroxyl groups is 1. The highest BCUT2D eigenvalue weighted by atomic mass is 16.6. The average molecular weight is 1120 g/mol. The molecule has 0 bridgehead atoms. The number of phenolic OH excluding ortho intramolecular Hbond substituents is 1. The first kappa shape index (κ1) is 59.4. The lowest BCUT2D eigenvalue weighted by atomic mass is 9.92. The molecular formula is C50H65N13O17. The zero-order chi connectivity index (χ0) is 58.1. The van der Waals surface area contributed by atoms with Crippen LogP contribution >= 0.6 is 0 Å². The monoisotopic (exact) mass is 1120 g/mol. The van der Waals surface area contributed by atoms with Crippen LogP contribution in [0.4, 0.5) is 10.5 Å². The van der Waals surface area contributed by atoms with Crippen molar-refractivity contribution in [3.05, 3.63) is 89.5 Å². The highest BCUT2D eigenvalue weighted by Crippen LogP contribution is 2.30. The molecule has 15 atom stereocenters. The summed E-state index contributed by atoms with van der Waals surface area (Å²) in [5, 5.41) is 129. The molecule has 7 rings (SSSR count). The number of nitrogens with one attached hydrogen (secondary N) is 12. The van der Waals surface area contributed by atoms with Crippen LogP contribution in [0.2, 0.25) is 0 Å². The number of rotatable bonds is 13. The van der Waals surface area contributed by atoms with Gasteiger partial charge in [0.1, 0.15) is 78.3 Å². The molecule has 20 N–H and O–H groups in total. The van der Waals surface area contributed by atoms with Crippen LogP contribution < -0.4 is 57.9 Å². The Hall–Kier alpha value is -8.23. The third-order valence-corrected chi connectivity index (χ3v) is 14.0. The maximum atomic E-state index is 15.0. The Kier molecular flexibility index (Phi) is 19.4. The predicted octanol–water partition coefficient (Wildman–Crippen LogP) is -6.57. The fourth-order valence-corrected chi connectivity index (χ4v) is 9.44. The number of ether oxygens (including phenoxy) is 2. The first-order valence-electron chi connectivity index (χ1n) is 25.3. The molecule has 30 nitrogen and oxygen atoms in total. The lowest BCUT2D eigenvalue weighted by Crippen LogP contribution is -2.69. The summed E-state index contributed by atoms with van der Waals surface area (Å²) in [5.74, 6) is -9.29. The Morgan fingerprint density at radius 2 is 1.38 bits per heavy atom. The van der Waals surface area contributed by atoms with Crippen molar-refractivity contribution in [1.29, 1.82) is 10.8 Å². The number of carbonyl (C=O) groups is 7. The molecule has 4 saturated heterocycles. The fourth-order valence-electron chi connectivity index (χ4n) is 9.44. The number of aliphatic hydroxyl groups is 7. The molecule has 0 spiro atoms. The number of hydrogen-bond acceptors (Lipinski definition) is 19. The molecule has 0 saturated carbocycles. The van der Waals surface area contributed by atoms with Crippen molar-refractivity contribution >= 4 is 59.1 Å². The van der Waals surface area contributed by atoms with E-state index in [1.165, 1.54) is 24.3 Å². The molecule has 4 aliphatic rings. The molecule has 80 heavy (non-hydrogen) atoms. The van der Waals surface area contributed by atoms with Gasteiger partial charge >= 0.3 is 6.09 Å². The third kappa shape index (κ3) is 14.0. The number of amides is 7. The van der Waals surface area contributed by atoms with Crippen molar-refractivity contribution < 1.29 is 83.9 Å². The zero-order valence-corrected chi connectivity index (χ0v) is 43.0. The third-order valence-electron chi connectivity index (χ3n) is 14.0. The zero-order valence-electron chi connectivity index (χ0n) is 43.0. The molecule has 4 aliphatic heterocycles. The second-order valence-corrected chi connectivity index (χ2v) is 19.5. The molecule has 0 aromatic heterocycles. The molecule has 15 unspecified atom stereocenters. The lowest BCUT2D eigenvalue weighted by molar-refractivity contribution is -0.260. The summed E-state index contributed by atoms with van der Waals surface area (Å²) in [5.41, 5.74) is 1.34. The van der Waals surface area contributed by atoms with Gasteiger partial charge in [0, 0.05) is 25.4 Å². The molecule has 30 heteroatoms. The summed E-state index contributed by atoms with van der Waals surface area (Å²) in [7, 11) is 0. The Morgan fingerprint density at radius 3 is 2.04 bits per heavy atom. The summed E-state index contributed by atoms with van der Waals surface area (Å²) in [6.07, 6.45) is -15.1. The van der Waals surface area contributed by atoms with Gasteiger partial charge in [0.25, 0.3) is 0 Å². The lowest BCUT2D eigenvalue weighted by Gasteiger charge is -2.46. The molecule has 3 aromatic rings. The van der Waals surface area contributed by atoms with Crippen LogP contribution in [0, 0.1) is 17.7 Å². The van der Waals surface area contributed by atoms with E-state index >= 15 is 0 Å². The summed E-state index contributed by atoms with van der Waals surface area (Å²) < 4.78 is 11.0. The number of aliphatic hydroxyl groups excluding tert-OH is 7. The summed E-state index contributed by atoms with van der Waals surface area (Å²) >= 11 is 0. The molecule has 0 aliphatic carbocycles. The second-order valence-electron chi connectivity index (χ2n) is 19.5. The van der Waals surface area contributed by atoms with E-state index in [1.807, 2.05) is 6.92 Å². The van der Waals surface area contributed by atoms with Gasteiger partial charge in [-0.15, -0.1) is 0 Å². The first-order chi connectivity index (χ1) is 38.1. The average Bonchev–Trinajstić information content (AvgIpc) is 4.06. The molecule has 4 heterocycles. The van der Waals surface area contributed by atoms with Crippen LogP contribution in [0.5, 0.6) is 11.5 Å². The van der Waals surface area contributed by atoms with Crippen molar-refractivity contribution in [2.45, 2.75) is 111 Å². The number of anilines is 1. The van der Waals surface area contributed by atoms with E-state index in [9.17, 15) is 74.4 Å². The van der Waals surface area contributed by atoms with Crippen molar-refractivity contribution in [3.8, 4) is 11.5 Å². The SMILES string of the molecule is Cc1ccc(OC(=O)Nc2cc(CC3NC(=O)C(C(C)c4ccccc4)NC(=O)CNC(=O)C(CO)NC(=O)C(C(O)C4CNC(=N)N4C4OC(CO)C(O)C(O)C4O)NC(=O)C(C(O)C4CNC(=N)N4)NC3=O)ccc2O)cc1. The fraction of sp³-hybridized carbons (Fsp3) is 0.460. The predicted molar refractivity (Wildman–Crippen MR) is 277 cm³/mol. The maximum Gasteiger partial charge on any atom is 0.417 e. The van der Waals surface area contributed by atoms with Crippen LogP contribution in [-0.4, -0.2) is 217 Å². The second kappa shape index (κ2) is 26.2. The smallest absolute Gasteiger partial charge is 0.417 e. The van der Waals surface area contributed by atoms with Crippen LogP contribution in [-0.2, 0) is 39.9 Å². The number of hydrogen-bond donors (Lipinski definition) is 20. The highest BCUT2D eigenvalue weighted by molar-refractivity contribution is 5.99. The van der Waals surface area contributed by atoms with Crippen molar-refractivity contribution in [1.82, 2.24) is 52.8 Å². The molecule has 0 radical (unpaired) electrons. The molecule has 4 fully saturated rings. The Bertz CT molecular complexity index is 2780. The summed E-state index contributed by atoms with van der Waals surface area (Å²) in [6, 6.07) is 5.91. The number of phenols is 1. The number of carbonyl (C=O) groups excluding carboxylic acids is 7. The van der Waals surface area contributed by atoms with Gasteiger partial charge in [-0.25, -0.2) is 4.79 Å². The Labute approximate surface area is 456 Å². The number of nitrogens with zero attached hydrogens (tertiary/aromatic N) is 1. The van der Waals surface area contributed by atoms with Crippen molar-refractivity contribution in [3.63, 3.8) is 0 Å². The molecule has 432 valence electrons. The number of benzene rings is 3. The van der Waals surface area contributed by atoms with E-state index in [4.69, 9.17) is 20.3 Å². The molecule has 3 aromatic carbocycles. The van der Waals surface area contributed by atoms with E-state index in [2.05, 4.69) is 53.2 Å².